The molecule has 5 nitrogen and oxygen atoms in total. The topological polar surface area (TPSA) is 61.8 Å². The smallest absolute Gasteiger partial charge is 0.305 e. The molecule has 0 spiro atoms. The molecule has 0 radical (unpaired) electrons. The van der Waals surface area contributed by atoms with Crippen molar-refractivity contribution >= 4 is 11.8 Å². The highest BCUT2D eigenvalue weighted by molar-refractivity contribution is 5.97. The lowest BCUT2D eigenvalue weighted by Gasteiger charge is -2.11. The number of benzene rings is 1. The Bertz CT molecular complexity index is 481. The van der Waals surface area contributed by atoms with Crippen LogP contribution in [-0.4, -0.2) is 33.1 Å². The molecule has 1 atom stereocenters. The molecule has 1 rings (SSSR count). The molecule has 0 aliphatic carbocycles. The zero-order valence-electron chi connectivity index (χ0n) is 12.3. The van der Waals surface area contributed by atoms with Gasteiger partial charge in [0.2, 0.25) is 0 Å². The van der Waals surface area contributed by atoms with Gasteiger partial charge in [-0.2, -0.15) is 0 Å². The third-order valence-electron chi connectivity index (χ3n) is 2.98. The Morgan fingerprint density at radius 2 is 1.70 bits per heavy atom. The molecule has 0 unspecified atom stereocenters. The standard InChI is InChI=1S/C15H20O5/c1-10(8-15(17)20-4)7-12(16)11-5-6-13(18-2)14(9-11)19-3/h5-6,9-10H,7-8H2,1-4H3/t10-/m1/s1. The lowest BCUT2D eigenvalue weighted by Crippen LogP contribution is -2.12. The third-order valence-corrected chi connectivity index (χ3v) is 2.98. The Morgan fingerprint density at radius 3 is 2.25 bits per heavy atom. The third kappa shape index (κ3) is 4.26. The molecular formula is C15H20O5. The minimum atomic E-state index is -0.308. The summed E-state index contributed by atoms with van der Waals surface area (Å²) in [6.45, 7) is 1.84. The van der Waals surface area contributed by atoms with Crippen LogP contribution in [0, 0.1) is 5.92 Å². The van der Waals surface area contributed by atoms with Crippen LogP contribution in [0.25, 0.3) is 0 Å². The number of carbonyl (C=O) groups excluding carboxylic acids is 2. The molecule has 110 valence electrons. The number of esters is 1. The van der Waals surface area contributed by atoms with Crippen LogP contribution in [0.1, 0.15) is 30.1 Å². The average Bonchev–Trinajstić information content (AvgIpc) is 2.45. The lowest BCUT2D eigenvalue weighted by atomic mass is 9.97. The van der Waals surface area contributed by atoms with E-state index in [0.717, 1.165) is 0 Å². The van der Waals surface area contributed by atoms with Crippen LogP contribution in [-0.2, 0) is 9.53 Å². The molecular weight excluding hydrogens is 260 g/mol. The maximum atomic E-state index is 12.1. The number of hydrogen-bond acceptors (Lipinski definition) is 5. The summed E-state index contributed by atoms with van der Waals surface area (Å²) < 4.78 is 14.9. The van der Waals surface area contributed by atoms with Crippen molar-refractivity contribution in [2.75, 3.05) is 21.3 Å². The maximum Gasteiger partial charge on any atom is 0.305 e. The molecule has 0 N–H and O–H groups in total. The number of Topliss-reactive ketones (excluding diaryl/α,β-unsaturated/α-hetero) is 1. The summed E-state index contributed by atoms with van der Waals surface area (Å²) >= 11 is 0. The van der Waals surface area contributed by atoms with E-state index in [4.69, 9.17) is 9.47 Å². The van der Waals surface area contributed by atoms with E-state index < -0.39 is 0 Å². The minimum Gasteiger partial charge on any atom is -0.493 e. The molecule has 0 heterocycles. The van der Waals surface area contributed by atoms with Crippen molar-refractivity contribution in [2.24, 2.45) is 5.92 Å². The van der Waals surface area contributed by atoms with E-state index in [1.807, 2.05) is 6.92 Å². The van der Waals surface area contributed by atoms with E-state index in [0.29, 0.717) is 17.1 Å². The van der Waals surface area contributed by atoms with Gasteiger partial charge in [0.1, 0.15) is 0 Å². The number of carbonyl (C=O) groups is 2. The van der Waals surface area contributed by atoms with Gasteiger partial charge in [0, 0.05) is 18.4 Å². The van der Waals surface area contributed by atoms with Gasteiger partial charge in [0.15, 0.2) is 17.3 Å². The summed E-state index contributed by atoms with van der Waals surface area (Å²) in [5.41, 5.74) is 0.541. The predicted molar refractivity (Wildman–Crippen MR) is 74.3 cm³/mol. The van der Waals surface area contributed by atoms with Crippen LogP contribution in [0.15, 0.2) is 18.2 Å². The summed E-state index contributed by atoms with van der Waals surface area (Å²) in [5, 5.41) is 0. The first-order valence-electron chi connectivity index (χ1n) is 6.33. The SMILES string of the molecule is COC(=O)C[C@H](C)CC(=O)c1ccc(OC)c(OC)c1. The van der Waals surface area contributed by atoms with Crippen molar-refractivity contribution in [3.8, 4) is 11.5 Å². The summed E-state index contributed by atoms with van der Waals surface area (Å²) in [7, 11) is 4.40. The summed E-state index contributed by atoms with van der Waals surface area (Å²) in [5.74, 6) is 0.675. The van der Waals surface area contributed by atoms with Gasteiger partial charge in [-0.3, -0.25) is 9.59 Å². The highest BCUT2D eigenvalue weighted by Gasteiger charge is 2.16. The van der Waals surface area contributed by atoms with Crippen molar-refractivity contribution in [3.05, 3.63) is 23.8 Å². The molecule has 0 amide bonds. The van der Waals surface area contributed by atoms with E-state index in [1.165, 1.54) is 21.3 Å². The first kappa shape index (κ1) is 16.0. The molecule has 0 bridgehead atoms. The van der Waals surface area contributed by atoms with Gasteiger partial charge in [-0.05, 0) is 24.1 Å². The van der Waals surface area contributed by atoms with Gasteiger partial charge in [0.25, 0.3) is 0 Å². The largest absolute Gasteiger partial charge is 0.493 e. The Morgan fingerprint density at radius 1 is 1.05 bits per heavy atom. The van der Waals surface area contributed by atoms with Gasteiger partial charge in [-0.15, -0.1) is 0 Å². The molecule has 0 aliphatic heterocycles. The number of methoxy groups -OCH3 is 3. The van der Waals surface area contributed by atoms with Gasteiger partial charge in [-0.1, -0.05) is 6.92 Å². The highest BCUT2D eigenvalue weighted by atomic mass is 16.5. The van der Waals surface area contributed by atoms with Crippen LogP contribution in [0.5, 0.6) is 11.5 Å². The molecule has 0 fully saturated rings. The summed E-state index contributed by atoms with van der Waals surface area (Å²) in [6, 6.07) is 5.03. The Kier molecular flexibility index (Phi) is 6.03. The number of ether oxygens (including phenoxy) is 3. The minimum absolute atomic E-state index is 0.0395. The highest BCUT2D eigenvalue weighted by Crippen LogP contribution is 2.28. The summed E-state index contributed by atoms with van der Waals surface area (Å²) in [4.78, 5) is 23.3. The Labute approximate surface area is 118 Å². The van der Waals surface area contributed by atoms with E-state index >= 15 is 0 Å². The summed E-state index contributed by atoms with van der Waals surface area (Å²) in [6.07, 6.45) is 0.514. The Hall–Kier alpha value is -2.04. The fraction of sp³-hybridized carbons (Fsp3) is 0.467. The van der Waals surface area contributed by atoms with Crippen LogP contribution in [0.3, 0.4) is 0 Å². The fourth-order valence-corrected chi connectivity index (χ4v) is 1.88. The molecule has 5 heteroatoms. The number of hydrogen-bond donors (Lipinski definition) is 0. The molecule has 20 heavy (non-hydrogen) atoms. The fourth-order valence-electron chi connectivity index (χ4n) is 1.88. The van der Waals surface area contributed by atoms with Crippen LogP contribution >= 0.6 is 0 Å². The van der Waals surface area contributed by atoms with Gasteiger partial charge in [0.05, 0.1) is 21.3 Å². The predicted octanol–water partition coefficient (Wildman–Crippen LogP) is 2.48. The van der Waals surface area contributed by atoms with Crippen molar-refractivity contribution < 1.29 is 23.8 Å². The Balaban J connectivity index is 2.75. The van der Waals surface area contributed by atoms with Gasteiger partial charge < -0.3 is 14.2 Å². The molecule has 1 aromatic carbocycles. The normalized spacial score (nSPS) is 11.6. The number of rotatable bonds is 7. The molecule has 0 aromatic heterocycles. The molecule has 1 aromatic rings. The van der Waals surface area contributed by atoms with Crippen molar-refractivity contribution in [1.29, 1.82) is 0 Å². The second kappa shape index (κ2) is 7.53. The molecule has 0 aliphatic rings. The van der Waals surface area contributed by atoms with Crippen molar-refractivity contribution in [3.63, 3.8) is 0 Å². The van der Waals surface area contributed by atoms with Crippen LogP contribution in [0.4, 0.5) is 0 Å². The maximum absolute atomic E-state index is 12.1. The first-order chi connectivity index (χ1) is 9.51. The van der Waals surface area contributed by atoms with Gasteiger partial charge >= 0.3 is 5.97 Å². The first-order valence-corrected chi connectivity index (χ1v) is 6.33. The van der Waals surface area contributed by atoms with Crippen LogP contribution < -0.4 is 9.47 Å². The zero-order valence-corrected chi connectivity index (χ0v) is 12.3. The molecule has 0 saturated heterocycles. The zero-order chi connectivity index (χ0) is 15.1. The second-order valence-electron chi connectivity index (χ2n) is 4.58. The quantitative estimate of drug-likeness (QED) is 0.567. The monoisotopic (exact) mass is 280 g/mol. The average molecular weight is 280 g/mol. The molecule has 0 saturated carbocycles. The van der Waals surface area contributed by atoms with Crippen molar-refractivity contribution in [1.82, 2.24) is 0 Å². The van der Waals surface area contributed by atoms with Crippen molar-refractivity contribution in [2.45, 2.75) is 19.8 Å². The van der Waals surface area contributed by atoms with Crippen LogP contribution in [0.2, 0.25) is 0 Å². The lowest BCUT2D eigenvalue weighted by molar-refractivity contribution is -0.141. The second-order valence-corrected chi connectivity index (χ2v) is 4.58. The van der Waals surface area contributed by atoms with E-state index in [1.54, 1.807) is 18.2 Å². The number of ketones is 1. The van der Waals surface area contributed by atoms with E-state index in [-0.39, 0.29) is 30.5 Å². The van der Waals surface area contributed by atoms with E-state index in [2.05, 4.69) is 4.74 Å². The van der Waals surface area contributed by atoms with E-state index in [9.17, 15) is 9.59 Å². The van der Waals surface area contributed by atoms with Gasteiger partial charge in [-0.25, -0.2) is 0 Å².